The molecular formula is C24H28BrClIN3O5. The summed E-state index contributed by atoms with van der Waals surface area (Å²) in [7, 11) is 0. The van der Waals surface area contributed by atoms with Gasteiger partial charge >= 0.3 is 0 Å². The summed E-state index contributed by atoms with van der Waals surface area (Å²) in [5.74, 6) is 1.40. The molecule has 0 saturated heterocycles. The Morgan fingerprint density at radius 2 is 1.71 bits per heavy atom. The first-order valence-corrected chi connectivity index (χ1v) is 13.3. The van der Waals surface area contributed by atoms with Gasteiger partial charge in [-0.3, -0.25) is 0 Å². The van der Waals surface area contributed by atoms with Gasteiger partial charge in [-0.15, -0.1) is 16.7 Å². The number of aliphatic hydroxyl groups excluding tert-OH is 3. The summed E-state index contributed by atoms with van der Waals surface area (Å²) < 4.78 is 14.3. The molecule has 0 bridgehead atoms. The molecule has 0 radical (unpaired) electrons. The molecule has 1 aromatic heterocycles. The summed E-state index contributed by atoms with van der Waals surface area (Å²) in [4.78, 5) is 0. The average molecular weight is 681 g/mol. The minimum absolute atomic E-state index is 0.0802. The maximum absolute atomic E-state index is 10.3. The maximum atomic E-state index is 10.3. The fraction of sp³-hybridized carbons (Fsp3) is 0.417. The second-order valence-electron chi connectivity index (χ2n) is 8.55. The molecule has 0 spiro atoms. The van der Waals surface area contributed by atoms with Crippen LogP contribution in [-0.2, 0) is 18.6 Å². The Balaban J connectivity index is 1.61. The van der Waals surface area contributed by atoms with Crippen molar-refractivity contribution in [1.82, 2.24) is 15.0 Å². The van der Waals surface area contributed by atoms with E-state index in [9.17, 15) is 15.3 Å². The van der Waals surface area contributed by atoms with Crippen molar-refractivity contribution >= 4 is 50.1 Å². The van der Waals surface area contributed by atoms with E-state index >= 15 is 0 Å². The van der Waals surface area contributed by atoms with E-state index in [1.54, 1.807) is 0 Å². The lowest BCUT2D eigenvalue weighted by Gasteiger charge is -2.27. The van der Waals surface area contributed by atoms with Crippen molar-refractivity contribution in [2.75, 3.05) is 19.1 Å². The lowest BCUT2D eigenvalue weighted by Crippen LogP contribution is -2.25. The number of aliphatic hydroxyl groups is 3. The van der Waals surface area contributed by atoms with E-state index in [0.717, 1.165) is 15.6 Å². The topological polar surface area (TPSA) is 110 Å². The normalized spacial score (nSPS) is 13.5. The van der Waals surface area contributed by atoms with Crippen LogP contribution in [0.5, 0.6) is 11.5 Å². The van der Waals surface area contributed by atoms with Gasteiger partial charge < -0.3 is 24.8 Å². The van der Waals surface area contributed by atoms with Gasteiger partial charge in [-0.1, -0.05) is 37.3 Å². The van der Waals surface area contributed by atoms with Gasteiger partial charge in [0.1, 0.15) is 40.6 Å². The first-order chi connectivity index (χ1) is 16.6. The number of alkyl halides is 1. The van der Waals surface area contributed by atoms with Gasteiger partial charge in [-0.25, -0.2) is 4.68 Å². The molecule has 3 rings (SSSR count). The fourth-order valence-corrected chi connectivity index (χ4v) is 4.55. The second-order valence-corrected chi connectivity index (χ2v) is 10.7. The van der Waals surface area contributed by atoms with E-state index in [1.807, 2.05) is 65.1 Å². The summed E-state index contributed by atoms with van der Waals surface area (Å²) in [6.45, 7) is 4.45. The Morgan fingerprint density at radius 3 is 2.34 bits per heavy atom. The van der Waals surface area contributed by atoms with E-state index in [2.05, 4.69) is 40.1 Å². The van der Waals surface area contributed by atoms with Crippen LogP contribution >= 0.6 is 50.1 Å². The summed E-state index contributed by atoms with van der Waals surface area (Å²) in [6.07, 6.45) is -1.52. The van der Waals surface area contributed by atoms with Gasteiger partial charge in [-0.2, -0.15) is 0 Å². The monoisotopic (exact) mass is 679 g/mol. The van der Waals surface area contributed by atoms with Crippen LogP contribution in [0.2, 0.25) is 0 Å². The van der Waals surface area contributed by atoms with Gasteiger partial charge in [0.15, 0.2) is 0 Å². The molecular weight excluding hydrogens is 653 g/mol. The molecule has 2 aromatic carbocycles. The third-order valence-electron chi connectivity index (χ3n) is 5.60. The molecule has 0 fully saturated rings. The van der Waals surface area contributed by atoms with Crippen LogP contribution in [0.3, 0.4) is 0 Å². The molecule has 11 heteroatoms. The van der Waals surface area contributed by atoms with Crippen molar-refractivity contribution in [3.8, 4) is 11.5 Å². The van der Waals surface area contributed by atoms with Crippen LogP contribution in [0.1, 0.15) is 30.7 Å². The molecule has 0 aliphatic heterocycles. The smallest absolute Gasteiger partial charge is 0.149 e. The van der Waals surface area contributed by atoms with Gasteiger partial charge in [0, 0.05) is 5.41 Å². The van der Waals surface area contributed by atoms with Gasteiger partial charge in [0.05, 0.1) is 29.2 Å². The van der Waals surface area contributed by atoms with E-state index in [1.165, 1.54) is 4.68 Å². The Bertz CT molecular complexity index is 1110. The Hall–Kier alpha value is -1.44. The van der Waals surface area contributed by atoms with E-state index < -0.39 is 12.2 Å². The van der Waals surface area contributed by atoms with Crippen molar-refractivity contribution in [1.29, 1.82) is 0 Å². The number of halogens is 3. The van der Waals surface area contributed by atoms with Gasteiger partial charge in [-0.05, 0) is 73.9 Å². The lowest BCUT2D eigenvalue weighted by atomic mass is 9.78. The maximum Gasteiger partial charge on any atom is 0.149 e. The van der Waals surface area contributed by atoms with Crippen molar-refractivity contribution in [3.05, 3.63) is 67.5 Å². The van der Waals surface area contributed by atoms with Crippen molar-refractivity contribution in [2.24, 2.45) is 0 Å². The molecule has 0 saturated carbocycles. The standard InChI is InChI=1S/C24H28BrClIN3O5/c1-24(2,16-5-8-22(20(25)9-16)35-13-17(32)10-26)15-3-6-19(7-4-15)34-14-18(33)11-30-21(12-31)23(27)28-29-30/h3-9,17-18,31-33H,10-14H2,1-2H3/t17-,18-/m0/s1. The van der Waals surface area contributed by atoms with Crippen LogP contribution in [-0.4, -0.2) is 61.6 Å². The summed E-state index contributed by atoms with van der Waals surface area (Å²) in [5, 5.41) is 37.2. The largest absolute Gasteiger partial charge is 0.491 e. The molecule has 190 valence electrons. The molecule has 0 amide bonds. The third-order valence-corrected chi connectivity index (χ3v) is 7.42. The van der Waals surface area contributed by atoms with E-state index in [0.29, 0.717) is 20.9 Å². The molecule has 0 unspecified atom stereocenters. The highest BCUT2D eigenvalue weighted by Gasteiger charge is 2.24. The quantitative estimate of drug-likeness (QED) is 0.197. The van der Waals surface area contributed by atoms with Crippen LogP contribution < -0.4 is 9.47 Å². The summed E-state index contributed by atoms with van der Waals surface area (Å²) >= 11 is 11.2. The van der Waals surface area contributed by atoms with Crippen molar-refractivity contribution < 1.29 is 24.8 Å². The van der Waals surface area contributed by atoms with Crippen LogP contribution in [0.4, 0.5) is 0 Å². The zero-order valence-corrected chi connectivity index (χ0v) is 23.9. The molecule has 3 N–H and O–H groups in total. The predicted molar refractivity (Wildman–Crippen MR) is 145 cm³/mol. The third kappa shape index (κ3) is 7.30. The molecule has 3 aromatic rings. The van der Waals surface area contributed by atoms with Crippen LogP contribution in [0.15, 0.2) is 46.9 Å². The van der Waals surface area contributed by atoms with E-state index in [-0.39, 0.29) is 37.7 Å². The molecule has 1 heterocycles. The number of nitrogens with zero attached hydrogens (tertiary/aromatic N) is 3. The minimum atomic E-state index is -0.808. The Kier molecular flexibility index (Phi) is 10.2. The first-order valence-electron chi connectivity index (χ1n) is 10.9. The Morgan fingerprint density at radius 1 is 1.06 bits per heavy atom. The SMILES string of the molecule is CC(C)(c1ccc(OC[C@@H](O)Cn2nnc(I)c2CO)cc1)c1ccc(OC[C@@H](O)CCl)c(Br)c1. The number of rotatable bonds is 12. The average Bonchev–Trinajstić information content (AvgIpc) is 3.20. The number of hydrogen-bond donors (Lipinski definition) is 3. The highest BCUT2D eigenvalue weighted by Crippen LogP contribution is 2.36. The van der Waals surface area contributed by atoms with Crippen molar-refractivity contribution in [2.45, 2.75) is 44.6 Å². The van der Waals surface area contributed by atoms with Gasteiger partial charge in [0.2, 0.25) is 0 Å². The predicted octanol–water partition coefficient (Wildman–Crippen LogP) is 3.88. The van der Waals surface area contributed by atoms with Crippen molar-refractivity contribution in [3.63, 3.8) is 0 Å². The first kappa shape index (κ1) is 28.1. The number of hydrogen-bond acceptors (Lipinski definition) is 7. The lowest BCUT2D eigenvalue weighted by molar-refractivity contribution is 0.0866. The fourth-order valence-electron chi connectivity index (χ4n) is 3.42. The van der Waals surface area contributed by atoms with E-state index in [4.69, 9.17) is 21.1 Å². The molecule has 35 heavy (non-hydrogen) atoms. The zero-order valence-electron chi connectivity index (χ0n) is 19.4. The highest BCUT2D eigenvalue weighted by atomic mass is 127. The number of ether oxygens (including phenoxy) is 2. The summed E-state index contributed by atoms with van der Waals surface area (Å²) in [5.41, 5.74) is 2.45. The second kappa shape index (κ2) is 12.7. The summed E-state index contributed by atoms with van der Waals surface area (Å²) in [6, 6.07) is 13.6. The van der Waals surface area contributed by atoms with Crippen LogP contribution in [0, 0.1) is 3.70 Å². The number of benzene rings is 2. The Labute approximate surface area is 231 Å². The molecule has 0 aliphatic carbocycles. The molecule has 0 aliphatic rings. The molecule has 2 atom stereocenters. The molecule has 8 nitrogen and oxygen atoms in total. The number of aromatic nitrogens is 3. The van der Waals surface area contributed by atoms with Crippen LogP contribution in [0.25, 0.3) is 0 Å². The highest BCUT2D eigenvalue weighted by molar-refractivity contribution is 14.1. The zero-order chi connectivity index (χ0) is 25.6. The van der Waals surface area contributed by atoms with Gasteiger partial charge in [0.25, 0.3) is 0 Å². The minimum Gasteiger partial charge on any atom is -0.491 e.